The highest BCUT2D eigenvalue weighted by molar-refractivity contribution is 5.06. The Hall–Kier alpha value is -1.68. The fourth-order valence-corrected chi connectivity index (χ4v) is 1.87. The van der Waals surface area contributed by atoms with E-state index >= 15 is 0 Å². The molecule has 0 fully saturated rings. The Bertz CT molecular complexity index is 449. The minimum atomic E-state index is 0.153. The van der Waals surface area contributed by atoms with E-state index in [4.69, 9.17) is 5.73 Å². The van der Waals surface area contributed by atoms with E-state index in [1.165, 1.54) is 5.69 Å². The molecule has 0 amide bonds. The molecule has 4 heteroatoms. The summed E-state index contributed by atoms with van der Waals surface area (Å²) in [7, 11) is 1.96. The molecule has 0 saturated carbocycles. The van der Waals surface area contributed by atoms with Gasteiger partial charge in [-0.05, 0) is 31.0 Å². The smallest absolute Gasteiger partial charge is 0.0492 e. The molecule has 0 radical (unpaired) electrons. The van der Waals surface area contributed by atoms with Crippen LogP contribution in [-0.2, 0) is 19.9 Å². The van der Waals surface area contributed by atoms with Gasteiger partial charge in [0.15, 0.2) is 0 Å². The van der Waals surface area contributed by atoms with Crippen LogP contribution in [-0.4, -0.2) is 20.8 Å². The summed E-state index contributed by atoms with van der Waals surface area (Å²) >= 11 is 0. The van der Waals surface area contributed by atoms with Crippen LogP contribution in [0.4, 0.5) is 0 Å². The second-order valence-corrected chi connectivity index (χ2v) is 4.27. The third-order valence-corrected chi connectivity index (χ3v) is 2.89. The van der Waals surface area contributed by atoms with Gasteiger partial charge in [-0.3, -0.25) is 9.67 Å². The number of rotatable bonds is 5. The van der Waals surface area contributed by atoms with Gasteiger partial charge in [-0.2, -0.15) is 5.10 Å². The molecule has 0 aliphatic carbocycles. The van der Waals surface area contributed by atoms with Gasteiger partial charge < -0.3 is 5.73 Å². The zero-order valence-electron chi connectivity index (χ0n) is 10.1. The van der Waals surface area contributed by atoms with Crippen LogP contribution < -0.4 is 5.73 Å². The van der Waals surface area contributed by atoms with Crippen LogP contribution in [0.3, 0.4) is 0 Å². The molecule has 0 aromatic carbocycles. The van der Waals surface area contributed by atoms with E-state index in [9.17, 15) is 0 Å². The number of hydrogen-bond donors (Lipinski definition) is 1. The maximum atomic E-state index is 6.10. The molecule has 17 heavy (non-hydrogen) atoms. The topological polar surface area (TPSA) is 56.7 Å². The number of aryl methyl sites for hydroxylation is 2. The molecule has 1 atom stereocenters. The predicted octanol–water partition coefficient (Wildman–Crippen LogP) is 1.32. The summed E-state index contributed by atoms with van der Waals surface area (Å²) in [5, 5.41) is 4.14. The number of nitrogens with zero attached hydrogens (tertiary/aromatic N) is 3. The predicted molar refractivity (Wildman–Crippen MR) is 67.4 cm³/mol. The molecule has 0 spiro atoms. The van der Waals surface area contributed by atoms with Crippen LogP contribution in [0.25, 0.3) is 0 Å². The van der Waals surface area contributed by atoms with Crippen molar-refractivity contribution in [1.82, 2.24) is 14.8 Å². The summed E-state index contributed by atoms with van der Waals surface area (Å²) in [5.74, 6) is 0. The van der Waals surface area contributed by atoms with Crippen LogP contribution in [0.15, 0.2) is 36.7 Å². The minimum absolute atomic E-state index is 0.153. The Morgan fingerprint density at radius 2 is 2.18 bits per heavy atom. The largest absolute Gasteiger partial charge is 0.327 e. The van der Waals surface area contributed by atoms with Crippen molar-refractivity contribution >= 4 is 0 Å². The Morgan fingerprint density at radius 3 is 2.82 bits per heavy atom. The molecule has 0 aliphatic heterocycles. The minimum Gasteiger partial charge on any atom is -0.327 e. The SMILES string of the molecule is Cn1nccc1CCC(N)Cc1ccccn1. The summed E-state index contributed by atoms with van der Waals surface area (Å²) in [6, 6.07) is 8.12. The molecule has 2 heterocycles. The van der Waals surface area contributed by atoms with Crippen LogP contribution >= 0.6 is 0 Å². The lowest BCUT2D eigenvalue weighted by Gasteiger charge is -2.10. The second kappa shape index (κ2) is 5.59. The highest BCUT2D eigenvalue weighted by atomic mass is 15.2. The molecule has 90 valence electrons. The van der Waals surface area contributed by atoms with Crippen molar-refractivity contribution in [2.75, 3.05) is 0 Å². The van der Waals surface area contributed by atoms with Crippen LogP contribution in [0.5, 0.6) is 0 Å². The lowest BCUT2D eigenvalue weighted by Crippen LogP contribution is -2.24. The molecule has 1 unspecified atom stereocenters. The molecule has 2 aromatic rings. The van der Waals surface area contributed by atoms with Gasteiger partial charge in [-0.1, -0.05) is 6.07 Å². The average molecular weight is 230 g/mol. The molecular formula is C13H18N4. The van der Waals surface area contributed by atoms with Crippen molar-refractivity contribution in [3.8, 4) is 0 Å². The van der Waals surface area contributed by atoms with Gasteiger partial charge in [0.05, 0.1) is 0 Å². The standard InChI is InChI=1S/C13H18N4/c1-17-13(7-9-16-17)6-5-11(14)10-12-4-2-3-8-15-12/h2-4,7-9,11H,5-6,10,14H2,1H3. The van der Waals surface area contributed by atoms with Gasteiger partial charge in [-0.25, -0.2) is 0 Å². The number of pyridine rings is 1. The van der Waals surface area contributed by atoms with E-state index in [1.807, 2.05) is 48.4 Å². The van der Waals surface area contributed by atoms with Crippen LogP contribution in [0.1, 0.15) is 17.8 Å². The van der Waals surface area contributed by atoms with Crippen molar-refractivity contribution in [2.24, 2.45) is 12.8 Å². The fraction of sp³-hybridized carbons (Fsp3) is 0.385. The van der Waals surface area contributed by atoms with E-state index in [2.05, 4.69) is 10.1 Å². The molecular weight excluding hydrogens is 212 g/mol. The molecule has 0 aliphatic rings. The average Bonchev–Trinajstić information content (AvgIpc) is 2.74. The Morgan fingerprint density at radius 1 is 1.29 bits per heavy atom. The molecule has 0 saturated heterocycles. The van der Waals surface area contributed by atoms with Crippen LogP contribution in [0, 0.1) is 0 Å². The monoisotopic (exact) mass is 230 g/mol. The van der Waals surface area contributed by atoms with E-state index in [0.29, 0.717) is 0 Å². The van der Waals surface area contributed by atoms with Crippen molar-refractivity contribution in [2.45, 2.75) is 25.3 Å². The van der Waals surface area contributed by atoms with Crippen molar-refractivity contribution < 1.29 is 0 Å². The maximum absolute atomic E-state index is 6.10. The highest BCUT2D eigenvalue weighted by Gasteiger charge is 2.06. The molecule has 2 aromatic heterocycles. The van der Waals surface area contributed by atoms with Gasteiger partial charge in [-0.15, -0.1) is 0 Å². The Kier molecular flexibility index (Phi) is 3.88. The molecule has 2 N–H and O–H groups in total. The second-order valence-electron chi connectivity index (χ2n) is 4.27. The summed E-state index contributed by atoms with van der Waals surface area (Å²) in [4.78, 5) is 4.28. The first-order chi connectivity index (χ1) is 8.25. The van der Waals surface area contributed by atoms with Crippen molar-refractivity contribution in [3.05, 3.63) is 48.0 Å². The third kappa shape index (κ3) is 3.39. The van der Waals surface area contributed by atoms with E-state index < -0.39 is 0 Å². The number of hydrogen-bond acceptors (Lipinski definition) is 3. The first kappa shape index (κ1) is 11.8. The third-order valence-electron chi connectivity index (χ3n) is 2.89. The van der Waals surface area contributed by atoms with Gasteiger partial charge in [0, 0.05) is 43.3 Å². The number of nitrogens with two attached hydrogens (primary N) is 1. The van der Waals surface area contributed by atoms with E-state index in [-0.39, 0.29) is 6.04 Å². The fourth-order valence-electron chi connectivity index (χ4n) is 1.87. The molecule has 2 rings (SSSR count). The summed E-state index contributed by atoms with van der Waals surface area (Å²) in [6.45, 7) is 0. The first-order valence-electron chi connectivity index (χ1n) is 5.88. The van der Waals surface area contributed by atoms with Crippen molar-refractivity contribution in [1.29, 1.82) is 0 Å². The summed E-state index contributed by atoms with van der Waals surface area (Å²) in [6.07, 6.45) is 6.38. The molecule has 4 nitrogen and oxygen atoms in total. The lowest BCUT2D eigenvalue weighted by molar-refractivity contribution is 0.581. The van der Waals surface area contributed by atoms with Crippen LogP contribution in [0.2, 0.25) is 0 Å². The maximum Gasteiger partial charge on any atom is 0.0492 e. The normalized spacial score (nSPS) is 12.6. The van der Waals surface area contributed by atoms with E-state index in [1.54, 1.807) is 0 Å². The van der Waals surface area contributed by atoms with Crippen molar-refractivity contribution in [3.63, 3.8) is 0 Å². The van der Waals surface area contributed by atoms with Gasteiger partial charge >= 0.3 is 0 Å². The lowest BCUT2D eigenvalue weighted by atomic mass is 10.1. The van der Waals surface area contributed by atoms with Gasteiger partial charge in [0.25, 0.3) is 0 Å². The van der Waals surface area contributed by atoms with Gasteiger partial charge in [0.1, 0.15) is 0 Å². The van der Waals surface area contributed by atoms with Gasteiger partial charge in [0.2, 0.25) is 0 Å². The Labute approximate surface area is 101 Å². The highest BCUT2D eigenvalue weighted by Crippen LogP contribution is 2.06. The van der Waals surface area contributed by atoms with E-state index in [0.717, 1.165) is 25.0 Å². The first-order valence-corrected chi connectivity index (χ1v) is 5.88. The quantitative estimate of drug-likeness (QED) is 0.842. The molecule has 0 bridgehead atoms. The summed E-state index contributed by atoms with van der Waals surface area (Å²) < 4.78 is 1.90. The zero-order valence-corrected chi connectivity index (χ0v) is 10.1. The number of aromatic nitrogens is 3. The Balaban J connectivity index is 1.82. The zero-order chi connectivity index (χ0) is 12.1. The summed E-state index contributed by atoms with van der Waals surface area (Å²) in [5.41, 5.74) is 8.39.